The van der Waals surface area contributed by atoms with E-state index in [0.29, 0.717) is 17.4 Å². The monoisotopic (exact) mass is 459 g/mol. The zero-order chi connectivity index (χ0) is 21.8. The number of aromatic carboxylic acids is 1. The molecule has 1 atom stereocenters. The van der Waals surface area contributed by atoms with Crippen LogP contribution in [0, 0.1) is 5.82 Å². The van der Waals surface area contributed by atoms with Gasteiger partial charge in [-0.25, -0.2) is 14.2 Å². The minimum absolute atomic E-state index is 0.171. The molecule has 6 nitrogen and oxygen atoms in total. The Morgan fingerprint density at radius 3 is 2.87 bits per heavy atom. The van der Waals surface area contributed by atoms with Gasteiger partial charge in [0.1, 0.15) is 16.6 Å². The smallest absolute Gasteiger partial charge is 0.335 e. The second-order valence-corrected chi connectivity index (χ2v) is 8.89. The second kappa shape index (κ2) is 9.57. The first kappa shape index (κ1) is 21.5. The van der Waals surface area contributed by atoms with Crippen LogP contribution < -0.4 is 14.4 Å². The molecule has 0 amide bonds. The number of nitrogens with zero attached hydrogens (tertiary/aromatic N) is 2. The van der Waals surface area contributed by atoms with Gasteiger partial charge in [0.05, 0.1) is 18.4 Å². The highest BCUT2D eigenvalue weighted by atomic mass is 32.2. The highest BCUT2D eigenvalue weighted by Gasteiger charge is 2.23. The standard InChI is InChI=1S/C22H22FN3O3S2/c1-29-19-11-15(21(27)28)6-9-18(19)25-31-20-13-30-22(24-20)26-10-2-3-16(12-26)14-4-7-17(23)8-5-14/h4-9,11,13,16,25H,2-3,10,12H2,1H3,(H,27,28). The van der Waals surface area contributed by atoms with Gasteiger partial charge in [-0.2, -0.15) is 0 Å². The summed E-state index contributed by atoms with van der Waals surface area (Å²) in [4.78, 5) is 18.2. The van der Waals surface area contributed by atoms with E-state index < -0.39 is 5.97 Å². The van der Waals surface area contributed by atoms with Crippen LogP contribution >= 0.6 is 23.3 Å². The van der Waals surface area contributed by atoms with Crippen LogP contribution in [0.1, 0.15) is 34.7 Å². The van der Waals surface area contributed by atoms with Gasteiger partial charge in [0.25, 0.3) is 0 Å². The van der Waals surface area contributed by atoms with E-state index in [1.165, 1.54) is 43.3 Å². The third-order valence-corrected chi connectivity index (χ3v) is 7.01. The molecule has 31 heavy (non-hydrogen) atoms. The Morgan fingerprint density at radius 1 is 1.32 bits per heavy atom. The van der Waals surface area contributed by atoms with Crippen LogP contribution in [-0.4, -0.2) is 36.3 Å². The van der Waals surface area contributed by atoms with E-state index in [2.05, 4.69) is 9.62 Å². The molecule has 0 radical (unpaired) electrons. The van der Waals surface area contributed by atoms with Crippen molar-refractivity contribution in [3.8, 4) is 5.75 Å². The Labute approximate surface area is 188 Å². The van der Waals surface area contributed by atoms with Crippen LogP contribution in [0.4, 0.5) is 15.2 Å². The second-order valence-electron chi connectivity index (χ2n) is 7.23. The maximum atomic E-state index is 13.2. The minimum atomic E-state index is -0.998. The molecule has 2 heterocycles. The lowest BCUT2D eigenvalue weighted by atomic mass is 9.91. The van der Waals surface area contributed by atoms with Gasteiger partial charge >= 0.3 is 5.97 Å². The van der Waals surface area contributed by atoms with Crippen molar-refractivity contribution >= 4 is 40.1 Å². The van der Waals surface area contributed by atoms with Crippen LogP contribution in [-0.2, 0) is 0 Å². The summed E-state index contributed by atoms with van der Waals surface area (Å²) in [6.45, 7) is 1.81. The normalized spacial score (nSPS) is 16.2. The summed E-state index contributed by atoms with van der Waals surface area (Å²) in [6.07, 6.45) is 2.15. The number of aromatic nitrogens is 1. The highest BCUT2D eigenvalue weighted by Crippen LogP contribution is 2.35. The number of halogens is 1. The number of nitrogens with one attached hydrogen (secondary N) is 1. The molecule has 162 valence electrons. The summed E-state index contributed by atoms with van der Waals surface area (Å²) in [5.41, 5.74) is 2.02. The number of carboxylic acids is 1. The van der Waals surface area contributed by atoms with E-state index in [1.807, 2.05) is 17.5 Å². The Balaban J connectivity index is 1.40. The van der Waals surface area contributed by atoms with E-state index in [4.69, 9.17) is 14.8 Å². The average molecular weight is 460 g/mol. The Hall–Kier alpha value is -2.78. The number of carboxylic acid groups (broad SMARTS) is 1. The molecule has 2 N–H and O–H groups in total. The zero-order valence-corrected chi connectivity index (χ0v) is 18.5. The van der Waals surface area contributed by atoms with E-state index in [9.17, 15) is 9.18 Å². The highest BCUT2D eigenvalue weighted by molar-refractivity contribution is 8.00. The summed E-state index contributed by atoms with van der Waals surface area (Å²) in [6, 6.07) is 11.5. The van der Waals surface area contributed by atoms with Crippen molar-refractivity contribution in [1.82, 2.24) is 4.98 Å². The molecular formula is C22H22FN3O3S2. The van der Waals surface area contributed by atoms with Gasteiger partial charge in [0, 0.05) is 36.3 Å². The van der Waals surface area contributed by atoms with Crippen molar-refractivity contribution in [1.29, 1.82) is 0 Å². The number of piperidine rings is 1. The van der Waals surface area contributed by atoms with Gasteiger partial charge in [-0.15, -0.1) is 11.3 Å². The topological polar surface area (TPSA) is 74.7 Å². The number of methoxy groups -OCH3 is 1. The van der Waals surface area contributed by atoms with Gasteiger partial charge in [-0.05, 0) is 48.7 Å². The third kappa shape index (κ3) is 5.11. The molecular weight excluding hydrogens is 437 g/mol. The Bertz CT molecular complexity index is 1060. The maximum absolute atomic E-state index is 13.2. The van der Waals surface area contributed by atoms with Gasteiger partial charge in [0.2, 0.25) is 0 Å². The predicted octanol–water partition coefficient (Wildman–Crippen LogP) is 5.49. The summed E-state index contributed by atoms with van der Waals surface area (Å²) in [5.74, 6) is -0.382. The molecule has 0 bridgehead atoms. The SMILES string of the molecule is COc1cc(C(=O)O)ccc1NSc1csc(N2CCCC(c3ccc(F)cc3)C2)n1. The molecule has 0 saturated carbocycles. The number of ether oxygens (including phenoxy) is 1. The van der Waals surface area contributed by atoms with Gasteiger partial charge in [-0.1, -0.05) is 12.1 Å². The third-order valence-electron chi connectivity index (χ3n) is 5.22. The van der Waals surface area contributed by atoms with Crippen LogP contribution in [0.25, 0.3) is 0 Å². The molecule has 1 unspecified atom stereocenters. The fourth-order valence-electron chi connectivity index (χ4n) is 3.62. The van der Waals surface area contributed by atoms with Crippen molar-refractivity contribution in [2.24, 2.45) is 0 Å². The first-order valence-corrected chi connectivity index (χ1v) is 11.5. The molecule has 9 heteroatoms. The Morgan fingerprint density at radius 2 is 2.13 bits per heavy atom. The molecule has 2 aromatic carbocycles. The number of rotatable bonds is 7. The van der Waals surface area contributed by atoms with Gasteiger partial charge < -0.3 is 19.5 Å². The molecule has 1 aliphatic heterocycles. The van der Waals surface area contributed by atoms with Crippen molar-refractivity contribution < 1.29 is 19.0 Å². The zero-order valence-electron chi connectivity index (χ0n) is 16.9. The van der Waals surface area contributed by atoms with Gasteiger partial charge in [0.15, 0.2) is 5.13 Å². The average Bonchev–Trinajstić information content (AvgIpc) is 3.27. The van der Waals surface area contributed by atoms with E-state index in [0.717, 1.165) is 41.7 Å². The van der Waals surface area contributed by atoms with E-state index >= 15 is 0 Å². The molecule has 0 aliphatic carbocycles. The van der Waals surface area contributed by atoms with Crippen LogP contribution in [0.15, 0.2) is 52.9 Å². The summed E-state index contributed by atoms with van der Waals surface area (Å²) < 4.78 is 21.7. The predicted molar refractivity (Wildman–Crippen MR) is 122 cm³/mol. The molecule has 1 fully saturated rings. The number of hydrogen-bond acceptors (Lipinski definition) is 7. The summed E-state index contributed by atoms with van der Waals surface area (Å²) >= 11 is 2.95. The number of benzene rings is 2. The maximum Gasteiger partial charge on any atom is 0.335 e. The quantitative estimate of drug-likeness (QED) is 0.452. The van der Waals surface area contributed by atoms with Crippen molar-refractivity contribution in [3.05, 3.63) is 64.8 Å². The fourth-order valence-corrected chi connectivity index (χ4v) is 5.25. The van der Waals surface area contributed by atoms with Gasteiger partial charge in [-0.3, -0.25) is 0 Å². The molecule has 3 aromatic rings. The number of thiazole rings is 1. The molecule has 1 aromatic heterocycles. The molecule has 1 saturated heterocycles. The van der Waals surface area contributed by atoms with Crippen LogP contribution in [0.2, 0.25) is 0 Å². The first-order valence-electron chi connectivity index (χ1n) is 9.83. The van der Waals surface area contributed by atoms with Crippen LogP contribution in [0.5, 0.6) is 5.75 Å². The summed E-state index contributed by atoms with van der Waals surface area (Å²) in [5, 5.41) is 12.9. The summed E-state index contributed by atoms with van der Waals surface area (Å²) in [7, 11) is 1.51. The lowest BCUT2D eigenvalue weighted by molar-refractivity contribution is 0.0696. The lowest BCUT2D eigenvalue weighted by Crippen LogP contribution is -2.34. The lowest BCUT2D eigenvalue weighted by Gasteiger charge is -2.32. The van der Waals surface area contributed by atoms with E-state index in [1.54, 1.807) is 17.4 Å². The number of anilines is 2. The number of hydrogen-bond donors (Lipinski definition) is 2. The minimum Gasteiger partial charge on any atom is -0.495 e. The fraction of sp³-hybridized carbons (Fsp3) is 0.273. The Kier molecular flexibility index (Phi) is 6.62. The largest absolute Gasteiger partial charge is 0.495 e. The number of carbonyl (C=O) groups is 1. The molecule has 1 aliphatic rings. The van der Waals surface area contributed by atoms with E-state index in [-0.39, 0.29) is 11.4 Å². The molecule has 4 rings (SSSR count). The van der Waals surface area contributed by atoms with Crippen molar-refractivity contribution in [2.45, 2.75) is 23.8 Å². The van der Waals surface area contributed by atoms with Crippen molar-refractivity contribution in [3.63, 3.8) is 0 Å². The van der Waals surface area contributed by atoms with Crippen molar-refractivity contribution in [2.75, 3.05) is 29.8 Å². The first-order chi connectivity index (χ1) is 15.0. The molecule has 0 spiro atoms. The van der Waals surface area contributed by atoms with Crippen LogP contribution in [0.3, 0.4) is 0 Å².